The number of ether oxygens (including phenoxy) is 1. The Balaban J connectivity index is 1.73. The van der Waals surface area contributed by atoms with Crippen LogP contribution in [0.15, 0.2) is 47.4 Å². The highest BCUT2D eigenvalue weighted by Gasteiger charge is 2.33. The Labute approximate surface area is 168 Å². The fraction of sp³-hybridized carbons (Fsp3) is 0.350. The number of benzene rings is 2. The van der Waals surface area contributed by atoms with Crippen LogP contribution < -0.4 is 10.1 Å². The van der Waals surface area contributed by atoms with Crippen LogP contribution in [0.5, 0.6) is 5.75 Å². The van der Waals surface area contributed by atoms with Gasteiger partial charge in [0, 0.05) is 13.1 Å². The number of para-hydroxylation sites is 1. The van der Waals surface area contributed by atoms with Gasteiger partial charge in [0.2, 0.25) is 15.9 Å². The van der Waals surface area contributed by atoms with Crippen molar-refractivity contribution in [1.29, 1.82) is 0 Å². The fourth-order valence-electron chi connectivity index (χ4n) is 3.24. The number of hydrogen-bond donors (Lipinski definition) is 1. The number of nitrogens with one attached hydrogen (secondary N) is 1. The van der Waals surface area contributed by atoms with Crippen molar-refractivity contribution in [2.24, 2.45) is 5.92 Å². The summed E-state index contributed by atoms with van der Waals surface area (Å²) in [5.74, 6) is -2.52. The first kappa shape index (κ1) is 21.2. The average Bonchev–Trinajstić information content (AvgIpc) is 2.71. The van der Waals surface area contributed by atoms with E-state index in [4.69, 9.17) is 4.74 Å². The molecule has 6 nitrogen and oxygen atoms in total. The van der Waals surface area contributed by atoms with E-state index >= 15 is 0 Å². The Kier molecular flexibility index (Phi) is 6.49. The molecule has 1 saturated heterocycles. The molecule has 0 bridgehead atoms. The van der Waals surface area contributed by atoms with Crippen molar-refractivity contribution in [3.8, 4) is 5.75 Å². The van der Waals surface area contributed by atoms with E-state index in [-0.39, 0.29) is 18.0 Å². The fourth-order valence-corrected chi connectivity index (χ4v) is 4.76. The van der Waals surface area contributed by atoms with E-state index in [0.717, 1.165) is 12.1 Å². The Bertz CT molecular complexity index is 960. The van der Waals surface area contributed by atoms with Crippen LogP contribution in [0.2, 0.25) is 0 Å². The first-order valence-corrected chi connectivity index (χ1v) is 10.7. The number of carbonyl (C=O) groups excluding carboxylic acids is 1. The summed E-state index contributed by atoms with van der Waals surface area (Å²) >= 11 is 0. The van der Waals surface area contributed by atoms with Gasteiger partial charge in [-0.05, 0) is 56.2 Å². The first-order valence-electron chi connectivity index (χ1n) is 9.31. The van der Waals surface area contributed by atoms with Gasteiger partial charge in [-0.1, -0.05) is 6.07 Å². The van der Waals surface area contributed by atoms with E-state index < -0.39 is 39.2 Å². The van der Waals surface area contributed by atoms with Crippen molar-refractivity contribution < 1.29 is 26.7 Å². The second-order valence-corrected chi connectivity index (χ2v) is 8.63. The third-order valence-electron chi connectivity index (χ3n) is 4.74. The molecule has 0 saturated carbocycles. The highest BCUT2D eigenvalue weighted by atomic mass is 32.2. The molecule has 0 unspecified atom stereocenters. The number of nitrogens with zero attached hydrogens (tertiary/aromatic N) is 1. The molecule has 1 amide bonds. The van der Waals surface area contributed by atoms with Crippen LogP contribution in [0.3, 0.4) is 0 Å². The van der Waals surface area contributed by atoms with Gasteiger partial charge in [-0.3, -0.25) is 4.79 Å². The second-order valence-electron chi connectivity index (χ2n) is 6.69. The molecule has 1 aliphatic heterocycles. The van der Waals surface area contributed by atoms with Gasteiger partial charge < -0.3 is 10.1 Å². The third-order valence-corrected chi connectivity index (χ3v) is 6.62. The van der Waals surface area contributed by atoms with E-state index in [1.807, 2.05) is 6.92 Å². The van der Waals surface area contributed by atoms with Gasteiger partial charge in [-0.15, -0.1) is 0 Å². The van der Waals surface area contributed by atoms with Crippen LogP contribution in [-0.4, -0.2) is 38.3 Å². The molecular formula is C20H22F2N2O4S. The summed E-state index contributed by atoms with van der Waals surface area (Å²) in [6.45, 7) is 2.51. The molecule has 156 valence electrons. The number of amides is 1. The zero-order valence-corrected chi connectivity index (χ0v) is 16.7. The van der Waals surface area contributed by atoms with Crippen LogP contribution in [0, 0.1) is 17.6 Å². The van der Waals surface area contributed by atoms with Crippen LogP contribution in [-0.2, 0) is 14.8 Å². The molecule has 1 aliphatic rings. The van der Waals surface area contributed by atoms with Gasteiger partial charge in [-0.25, -0.2) is 17.2 Å². The Morgan fingerprint density at radius 2 is 1.83 bits per heavy atom. The van der Waals surface area contributed by atoms with Gasteiger partial charge in [0.1, 0.15) is 23.1 Å². The second kappa shape index (κ2) is 8.87. The molecule has 2 aromatic carbocycles. The number of halogens is 2. The normalized spacial score (nSPS) is 17.7. The highest BCUT2D eigenvalue weighted by molar-refractivity contribution is 7.89. The maximum atomic E-state index is 13.8. The van der Waals surface area contributed by atoms with Crippen molar-refractivity contribution >= 4 is 21.6 Å². The monoisotopic (exact) mass is 424 g/mol. The van der Waals surface area contributed by atoms with Gasteiger partial charge in [0.15, 0.2) is 0 Å². The van der Waals surface area contributed by atoms with Crippen LogP contribution in [0.25, 0.3) is 0 Å². The molecule has 1 heterocycles. The van der Waals surface area contributed by atoms with E-state index in [0.29, 0.717) is 25.2 Å². The molecule has 0 spiro atoms. The number of anilines is 1. The summed E-state index contributed by atoms with van der Waals surface area (Å²) in [5.41, 5.74) is -0.524. The van der Waals surface area contributed by atoms with E-state index in [2.05, 4.69) is 5.32 Å². The molecule has 1 N–H and O–H groups in total. The minimum absolute atomic E-state index is 0.0581. The van der Waals surface area contributed by atoms with Crippen molar-refractivity contribution in [3.05, 3.63) is 54.1 Å². The molecule has 0 radical (unpaired) electrons. The molecular weight excluding hydrogens is 402 g/mol. The van der Waals surface area contributed by atoms with Crippen LogP contribution in [0.4, 0.5) is 14.5 Å². The number of carbonyl (C=O) groups is 1. The van der Waals surface area contributed by atoms with Crippen molar-refractivity contribution in [1.82, 2.24) is 4.31 Å². The van der Waals surface area contributed by atoms with Gasteiger partial charge in [0.05, 0.1) is 17.4 Å². The number of rotatable bonds is 6. The summed E-state index contributed by atoms with van der Waals surface area (Å²) in [4.78, 5) is 12.6. The summed E-state index contributed by atoms with van der Waals surface area (Å²) in [6, 6.07) is 9.35. The van der Waals surface area contributed by atoms with Crippen LogP contribution in [0.1, 0.15) is 19.8 Å². The Morgan fingerprint density at radius 1 is 1.17 bits per heavy atom. The molecule has 0 aromatic heterocycles. The lowest BCUT2D eigenvalue weighted by atomic mass is 9.98. The largest absolute Gasteiger partial charge is 0.494 e. The van der Waals surface area contributed by atoms with Gasteiger partial charge in [-0.2, -0.15) is 4.31 Å². The quantitative estimate of drug-likeness (QED) is 0.771. The Morgan fingerprint density at radius 3 is 2.45 bits per heavy atom. The predicted molar refractivity (Wildman–Crippen MR) is 104 cm³/mol. The highest BCUT2D eigenvalue weighted by Crippen LogP contribution is 2.27. The molecule has 1 atom stereocenters. The van der Waals surface area contributed by atoms with Crippen molar-refractivity contribution in [2.45, 2.75) is 24.7 Å². The predicted octanol–water partition coefficient (Wildman–Crippen LogP) is 3.40. The molecule has 29 heavy (non-hydrogen) atoms. The summed E-state index contributed by atoms with van der Waals surface area (Å²) in [7, 11) is -3.80. The minimum atomic E-state index is -3.80. The number of piperidine rings is 1. The molecule has 3 rings (SSSR count). The maximum Gasteiger partial charge on any atom is 0.243 e. The third kappa shape index (κ3) is 4.73. The summed E-state index contributed by atoms with van der Waals surface area (Å²) < 4.78 is 60.0. The van der Waals surface area contributed by atoms with Gasteiger partial charge >= 0.3 is 0 Å². The Hall–Kier alpha value is -2.52. The average molecular weight is 424 g/mol. The van der Waals surface area contributed by atoms with E-state index in [1.54, 1.807) is 12.1 Å². The van der Waals surface area contributed by atoms with Crippen LogP contribution >= 0.6 is 0 Å². The van der Waals surface area contributed by atoms with Crippen molar-refractivity contribution in [3.63, 3.8) is 0 Å². The smallest absolute Gasteiger partial charge is 0.243 e. The topological polar surface area (TPSA) is 75.7 Å². The maximum absolute atomic E-state index is 13.8. The zero-order chi connectivity index (χ0) is 21.0. The molecule has 1 fully saturated rings. The van der Waals surface area contributed by atoms with E-state index in [9.17, 15) is 22.0 Å². The van der Waals surface area contributed by atoms with Gasteiger partial charge in [0.25, 0.3) is 0 Å². The lowest BCUT2D eigenvalue weighted by molar-refractivity contribution is -0.120. The molecule has 9 heteroatoms. The van der Waals surface area contributed by atoms with E-state index in [1.165, 1.54) is 22.5 Å². The number of sulfonamides is 1. The number of hydrogen-bond acceptors (Lipinski definition) is 4. The SMILES string of the molecule is CCOc1ccc(S(=O)(=O)N2CCC[C@@H](C(=O)Nc3c(F)cccc3F)C2)cc1. The minimum Gasteiger partial charge on any atom is -0.494 e. The first-order chi connectivity index (χ1) is 13.8. The molecule has 0 aliphatic carbocycles. The molecule has 2 aromatic rings. The standard InChI is InChI=1S/C20H22F2N2O4S/c1-2-28-15-8-10-16(11-9-15)29(26,27)24-12-4-5-14(13-24)20(25)23-19-17(21)6-3-7-18(19)22/h3,6-11,14H,2,4-5,12-13H2,1H3,(H,23,25)/t14-/m1/s1. The van der Waals surface area contributed by atoms with Crippen molar-refractivity contribution in [2.75, 3.05) is 25.0 Å². The lowest BCUT2D eigenvalue weighted by Crippen LogP contribution is -2.43. The lowest BCUT2D eigenvalue weighted by Gasteiger charge is -2.31. The zero-order valence-electron chi connectivity index (χ0n) is 15.9. The summed E-state index contributed by atoms with van der Waals surface area (Å²) in [5, 5.41) is 2.25. The summed E-state index contributed by atoms with van der Waals surface area (Å²) in [6.07, 6.45) is 0.894.